The summed E-state index contributed by atoms with van der Waals surface area (Å²) in [5.41, 5.74) is 1.80. The molecule has 0 spiro atoms. The zero-order valence-corrected chi connectivity index (χ0v) is 13.0. The number of benzene rings is 1. The van der Waals surface area contributed by atoms with Crippen molar-refractivity contribution in [3.63, 3.8) is 0 Å². The highest BCUT2D eigenvalue weighted by Crippen LogP contribution is 2.24. The quantitative estimate of drug-likeness (QED) is 0.866. The highest BCUT2D eigenvalue weighted by Gasteiger charge is 2.29. The number of rotatable bonds is 4. The third kappa shape index (κ3) is 3.21. The first-order valence-electron chi connectivity index (χ1n) is 8.00. The summed E-state index contributed by atoms with van der Waals surface area (Å²) in [5.74, 6) is 0.626. The van der Waals surface area contributed by atoms with Gasteiger partial charge in [-0.25, -0.2) is 4.98 Å². The SMILES string of the molecule is Cc1ocnc1C(=O)N1CCCC[C@@H]1CCc1ccccc1. The van der Waals surface area contributed by atoms with Crippen LogP contribution in [0.5, 0.6) is 0 Å². The molecule has 1 fully saturated rings. The standard InChI is InChI=1S/C18H22N2O2/c1-14-17(19-13-22-14)18(21)20-12-6-5-9-16(20)11-10-15-7-3-2-4-8-15/h2-4,7-8,13,16H,5-6,9-12H2,1H3/t16-/m1/s1. The van der Waals surface area contributed by atoms with E-state index >= 15 is 0 Å². The molecule has 116 valence electrons. The molecule has 4 heteroatoms. The van der Waals surface area contributed by atoms with Gasteiger partial charge in [-0.05, 0) is 44.6 Å². The molecule has 1 saturated heterocycles. The van der Waals surface area contributed by atoms with E-state index in [1.165, 1.54) is 18.4 Å². The third-order valence-electron chi connectivity index (χ3n) is 4.44. The van der Waals surface area contributed by atoms with Crippen LogP contribution < -0.4 is 0 Å². The van der Waals surface area contributed by atoms with Crippen LogP contribution in [0, 0.1) is 6.92 Å². The molecule has 0 bridgehead atoms. The van der Waals surface area contributed by atoms with Crippen LogP contribution in [0.1, 0.15) is 47.5 Å². The number of hydrogen-bond donors (Lipinski definition) is 0. The van der Waals surface area contributed by atoms with E-state index in [0.29, 0.717) is 17.5 Å². The maximum Gasteiger partial charge on any atom is 0.276 e. The molecule has 0 aliphatic carbocycles. The van der Waals surface area contributed by atoms with Crippen molar-refractivity contribution < 1.29 is 9.21 Å². The third-order valence-corrected chi connectivity index (χ3v) is 4.44. The van der Waals surface area contributed by atoms with Crippen molar-refractivity contribution >= 4 is 5.91 Å². The van der Waals surface area contributed by atoms with E-state index in [0.717, 1.165) is 32.2 Å². The lowest BCUT2D eigenvalue weighted by Crippen LogP contribution is -2.44. The molecule has 1 amide bonds. The lowest BCUT2D eigenvalue weighted by Gasteiger charge is -2.35. The zero-order valence-electron chi connectivity index (χ0n) is 13.0. The number of aromatic nitrogens is 1. The molecule has 22 heavy (non-hydrogen) atoms. The van der Waals surface area contributed by atoms with E-state index in [9.17, 15) is 4.79 Å². The molecule has 0 radical (unpaired) electrons. The van der Waals surface area contributed by atoms with Gasteiger partial charge in [-0.1, -0.05) is 30.3 Å². The summed E-state index contributed by atoms with van der Waals surface area (Å²) in [6.07, 6.45) is 6.71. The second-order valence-corrected chi connectivity index (χ2v) is 5.93. The number of nitrogens with zero attached hydrogens (tertiary/aromatic N) is 2. The molecule has 1 atom stereocenters. The molecule has 2 heterocycles. The zero-order chi connectivity index (χ0) is 15.4. The van der Waals surface area contributed by atoms with E-state index in [2.05, 4.69) is 29.2 Å². The first-order valence-corrected chi connectivity index (χ1v) is 8.00. The summed E-state index contributed by atoms with van der Waals surface area (Å²) in [7, 11) is 0. The van der Waals surface area contributed by atoms with Gasteiger partial charge in [-0.15, -0.1) is 0 Å². The molecular weight excluding hydrogens is 276 g/mol. The molecule has 1 aliphatic heterocycles. The van der Waals surface area contributed by atoms with Gasteiger partial charge < -0.3 is 9.32 Å². The van der Waals surface area contributed by atoms with Crippen molar-refractivity contribution in [1.29, 1.82) is 0 Å². The maximum absolute atomic E-state index is 12.7. The Morgan fingerprint density at radius 3 is 2.86 bits per heavy atom. The van der Waals surface area contributed by atoms with Gasteiger partial charge in [0.2, 0.25) is 0 Å². The van der Waals surface area contributed by atoms with Gasteiger partial charge in [0.25, 0.3) is 5.91 Å². The monoisotopic (exact) mass is 298 g/mol. The second-order valence-electron chi connectivity index (χ2n) is 5.93. The van der Waals surface area contributed by atoms with Crippen LogP contribution in [0.25, 0.3) is 0 Å². The predicted octanol–water partition coefficient (Wildman–Crippen LogP) is 3.61. The van der Waals surface area contributed by atoms with Crippen LogP contribution in [0.15, 0.2) is 41.1 Å². The van der Waals surface area contributed by atoms with E-state index in [1.54, 1.807) is 6.92 Å². The first kappa shape index (κ1) is 14.8. The van der Waals surface area contributed by atoms with Crippen molar-refractivity contribution in [3.05, 3.63) is 53.7 Å². The number of carbonyl (C=O) groups is 1. The topological polar surface area (TPSA) is 46.3 Å². The average molecular weight is 298 g/mol. The summed E-state index contributed by atoms with van der Waals surface area (Å²) < 4.78 is 5.18. The number of piperidine rings is 1. The van der Waals surface area contributed by atoms with E-state index < -0.39 is 0 Å². The highest BCUT2D eigenvalue weighted by molar-refractivity contribution is 5.93. The van der Waals surface area contributed by atoms with Gasteiger partial charge in [-0.2, -0.15) is 0 Å². The molecule has 0 saturated carbocycles. The summed E-state index contributed by atoms with van der Waals surface area (Å²) in [6.45, 7) is 2.62. The molecular formula is C18H22N2O2. The lowest BCUT2D eigenvalue weighted by atomic mass is 9.95. The van der Waals surface area contributed by atoms with Crippen LogP contribution in [-0.2, 0) is 6.42 Å². The fourth-order valence-corrected chi connectivity index (χ4v) is 3.19. The van der Waals surface area contributed by atoms with Crippen molar-refractivity contribution in [2.75, 3.05) is 6.54 Å². The largest absolute Gasteiger partial charge is 0.448 e. The number of aryl methyl sites for hydroxylation is 2. The Balaban J connectivity index is 1.69. The minimum absolute atomic E-state index is 0.0176. The van der Waals surface area contributed by atoms with Crippen LogP contribution >= 0.6 is 0 Å². The van der Waals surface area contributed by atoms with E-state index in [1.807, 2.05) is 11.0 Å². The van der Waals surface area contributed by atoms with Gasteiger partial charge in [0.05, 0.1) is 0 Å². The van der Waals surface area contributed by atoms with Crippen molar-refractivity contribution in [2.45, 2.75) is 45.1 Å². The number of oxazole rings is 1. The van der Waals surface area contributed by atoms with E-state index in [-0.39, 0.29) is 5.91 Å². The van der Waals surface area contributed by atoms with Gasteiger partial charge in [-0.3, -0.25) is 4.79 Å². The Morgan fingerprint density at radius 1 is 1.32 bits per heavy atom. The Labute approximate surface area is 131 Å². The number of carbonyl (C=O) groups excluding carboxylic acids is 1. The van der Waals surface area contributed by atoms with Gasteiger partial charge in [0, 0.05) is 12.6 Å². The fourth-order valence-electron chi connectivity index (χ4n) is 3.19. The Bertz CT molecular complexity index is 621. The minimum Gasteiger partial charge on any atom is -0.448 e. The first-order chi connectivity index (χ1) is 10.8. The van der Waals surface area contributed by atoms with E-state index in [4.69, 9.17) is 4.42 Å². The van der Waals surface area contributed by atoms with Gasteiger partial charge >= 0.3 is 0 Å². The number of hydrogen-bond acceptors (Lipinski definition) is 3. The van der Waals surface area contributed by atoms with Crippen molar-refractivity contribution in [3.8, 4) is 0 Å². The van der Waals surface area contributed by atoms with Crippen molar-refractivity contribution in [1.82, 2.24) is 9.88 Å². The predicted molar refractivity (Wildman–Crippen MR) is 84.7 cm³/mol. The highest BCUT2D eigenvalue weighted by atomic mass is 16.3. The maximum atomic E-state index is 12.7. The fraction of sp³-hybridized carbons (Fsp3) is 0.444. The molecule has 0 unspecified atom stereocenters. The lowest BCUT2D eigenvalue weighted by molar-refractivity contribution is 0.0595. The van der Waals surface area contributed by atoms with Crippen LogP contribution in [0.3, 0.4) is 0 Å². The Hall–Kier alpha value is -2.10. The second kappa shape index (κ2) is 6.77. The Morgan fingerprint density at radius 2 is 2.14 bits per heavy atom. The summed E-state index contributed by atoms with van der Waals surface area (Å²) in [5, 5.41) is 0. The van der Waals surface area contributed by atoms with Gasteiger partial charge in [0.1, 0.15) is 5.76 Å². The van der Waals surface area contributed by atoms with Crippen LogP contribution in [-0.4, -0.2) is 28.4 Å². The number of amides is 1. The molecule has 1 aromatic carbocycles. The Kier molecular flexibility index (Phi) is 4.56. The molecule has 1 aromatic heterocycles. The molecule has 3 rings (SSSR count). The molecule has 1 aliphatic rings. The van der Waals surface area contributed by atoms with Crippen molar-refractivity contribution in [2.24, 2.45) is 0 Å². The summed E-state index contributed by atoms with van der Waals surface area (Å²) in [4.78, 5) is 18.8. The minimum atomic E-state index is 0.0176. The van der Waals surface area contributed by atoms with Gasteiger partial charge in [0.15, 0.2) is 12.1 Å². The molecule has 4 nitrogen and oxygen atoms in total. The van der Waals surface area contributed by atoms with Crippen LogP contribution in [0.2, 0.25) is 0 Å². The molecule has 0 N–H and O–H groups in total. The van der Waals surface area contributed by atoms with Crippen LogP contribution in [0.4, 0.5) is 0 Å². The summed E-state index contributed by atoms with van der Waals surface area (Å²) >= 11 is 0. The average Bonchev–Trinajstić information content (AvgIpc) is 2.99. The smallest absolute Gasteiger partial charge is 0.276 e. The normalized spacial score (nSPS) is 18.4. The molecule has 2 aromatic rings. The number of likely N-dealkylation sites (tertiary alicyclic amines) is 1. The summed E-state index contributed by atoms with van der Waals surface area (Å²) in [6, 6.07) is 10.8.